The van der Waals surface area contributed by atoms with Gasteiger partial charge in [0.05, 0.1) is 6.04 Å². The Balaban J connectivity index is 2.28. The summed E-state index contributed by atoms with van der Waals surface area (Å²) < 4.78 is 0. The van der Waals surface area contributed by atoms with Crippen molar-refractivity contribution in [1.29, 1.82) is 0 Å². The molecule has 0 aromatic heterocycles. The third kappa shape index (κ3) is 2.97. The van der Waals surface area contributed by atoms with Crippen molar-refractivity contribution in [2.45, 2.75) is 38.3 Å². The third-order valence-electron chi connectivity index (χ3n) is 2.74. The molecule has 0 aromatic carbocycles. The van der Waals surface area contributed by atoms with Crippen molar-refractivity contribution in [1.82, 2.24) is 5.32 Å². The van der Waals surface area contributed by atoms with Gasteiger partial charge in [0.15, 0.2) is 0 Å². The molecule has 0 aromatic rings. The molecule has 1 saturated carbocycles. The number of hydrogen-bond donors (Lipinski definition) is 3. The third-order valence-corrected chi connectivity index (χ3v) is 2.74. The van der Waals surface area contributed by atoms with E-state index in [1.807, 2.05) is 0 Å². The summed E-state index contributed by atoms with van der Waals surface area (Å²) in [4.78, 5) is 10.7. The number of rotatable bonds is 5. The molecule has 0 bridgehead atoms. The molecule has 1 rings (SSSR count). The van der Waals surface area contributed by atoms with Crippen LogP contribution < -0.4 is 16.8 Å². The zero-order valence-corrected chi connectivity index (χ0v) is 8.34. The van der Waals surface area contributed by atoms with Gasteiger partial charge in [0.25, 0.3) is 0 Å². The van der Waals surface area contributed by atoms with Crippen molar-refractivity contribution in [2.24, 2.45) is 17.4 Å². The van der Waals surface area contributed by atoms with E-state index in [4.69, 9.17) is 11.5 Å². The average Bonchev–Trinajstić information content (AvgIpc) is 2.81. The van der Waals surface area contributed by atoms with Crippen molar-refractivity contribution in [3.05, 3.63) is 0 Å². The zero-order chi connectivity index (χ0) is 10.1. The maximum atomic E-state index is 10.7. The van der Waals surface area contributed by atoms with Crippen LogP contribution in [0, 0.1) is 5.92 Å². The van der Waals surface area contributed by atoms with Gasteiger partial charge in [0.1, 0.15) is 0 Å². The quantitative estimate of drug-likeness (QED) is 0.544. The van der Waals surface area contributed by atoms with Crippen molar-refractivity contribution in [3.8, 4) is 0 Å². The molecule has 0 aliphatic heterocycles. The molecule has 4 heteroatoms. The second kappa shape index (κ2) is 3.64. The van der Waals surface area contributed by atoms with Crippen LogP contribution in [0.5, 0.6) is 0 Å². The average molecular weight is 185 g/mol. The molecule has 1 atom stereocenters. The molecule has 1 fully saturated rings. The Hall–Kier alpha value is -0.610. The molecule has 0 spiro atoms. The molecule has 1 aliphatic rings. The maximum absolute atomic E-state index is 10.7. The highest BCUT2D eigenvalue weighted by Crippen LogP contribution is 2.38. The van der Waals surface area contributed by atoms with E-state index in [1.54, 1.807) is 0 Å². The summed E-state index contributed by atoms with van der Waals surface area (Å²) in [5, 5.41) is 3.28. The van der Waals surface area contributed by atoms with Gasteiger partial charge in [-0.05, 0) is 32.6 Å². The molecular weight excluding hydrogens is 166 g/mol. The van der Waals surface area contributed by atoms with Crippen molar-refractivity contribution in [2.75, 3.05) is 6.54 Å². The Bertz CT molecular complexity index is 199. The van der Waals surface area contributed by atoms with Crippen LogP contribution in [0.4, 0.5) is 0 Å². The fraction of sp³-hybridized carbons (Fsp3) is 0.889. The first-order valence-electron chi connectivity index (χ1n) is 4.73. The van der Waals surface area contributed by atoms with Gasteiger partial charge in [-0.3, -0.25) is 4.79 Å². The molecule has 76 valence electrons. The fourth-order valence-electron chi connectivity index (χ4n) is 1.42. The van der Waals surface area contributed by atoms with E-state index in [1.165, 1.54) is 12.8 Å². The second-order valence-electron chi connectivity index (χ2n) is 4.39. The van der Waals surface area contributed by atoms with Crippen LogP contribution in [0.2, 0.25) is 0 Å². The minimum Gasteiger partial charge on any atom is -0.368 e. The minimum atomic E-state index is -0.571. The molecule has 0 saturated heterocycles. The highest BCUT2D eigenvalue weighted by Gasteiger charge is 2.37. The maximum Gasteiger partial charge on any atom is 0.235 e. The van der Waals surface area contributed by atoms with Gasteiger partial charge in [0, 0.05) is 12.1 Å². The highest BCUT2D eigenvalue weighted by atomic mass is 16.1. The first-order valence-corrected chi connectivity index (χ1v) is 4.73. The Morgan fingerprint density at radius 2 is 2.15 bits per heavy atom. The standard InChI is InChI=1S/C9H19N3O/c1-9(2,6-3-4-6)12-5-7(10)8(11)13/h6-7,12H,3-5,10H2,1-2H3,(H2,11,13). The van der Waals surface area contributed by atoms with Crippen LogP contribution in [-0.2, 0) is 4.79 Å². The number of hydrogen-bond acceptors (Lipinski definition) is 3. The van der Waals surface area contributed by atoms with Crippen LogP contribution in [-0.4, -0.2) is 24.0 Å². The SMILES string of the molecule is CC(C)(NCC(N)C(N)=O)C1CC1. The summed E-state index contributed by atoms with van der Waals surface area (Å²) >= 11 is 0. The molecule has 0 heterocycles. The van der Waals surface area contributed by atoms with Gasteiger partial charge in [-0.15, -0.1) is 0 Å². The number of carbonyl (C=O) groups excluding carboxylic acids is 1. The van der Waals surface area contributed by atoms with Gasteiger partial charge >= 0.3 is 0 Å². The van der Waals surface area contributed by atoms with Crippen LogP contribution in [0.25, 0.3) is 0 Å². The van der Waals surface area contributed by atoms with Crippen LogP contribution in [0.1, 0.15) is 26.7 Å². The Kier molecular flexibility index (Phi) is 2.93. The Labute approximate surface area is 79.0 Å². The summed E-state index contributed by atoms with van der Waals surface area (Å²) in [6, 6.07) is -0.571. The summed E-state index contributed by atoms with van der Waals surface area (Å²) in [6.07, 6.45) is 2.54. The molecule has 4 nitrogen and oxygen atoms in total. The summed E-state index contributed by atoms with van der Waals surface area (Å²) in [5.74, 6) is 0.284. The molecule has 0 radical (unpaired) electrons. The topological polar surface area (TPSA) is 81.1 Å². The molecule has 1 amide bonds. The second-order valence-corrected chi connectivity index (χ2v) is 4.39. The lowest BCUT2D eigenvalue weighted by atomic mass is 9.98. The molecule has 13 heavy (non-hydrogen) atoms. The van der Waals surface area contributed by atoms with E-state index in [2.05, 4.69) is 19.2 Å². The lowest BCUT2D eigenvalue weighted by Gasteiger charge is -2.27. The van der Waals surface area contributed by atoms with Gasteiger partial charge in [-0.1, -0.05) is 0 Å². The lowest BCUT2D eigenvalue weighted by Crippen LogP contribution is -2.51. The van der Waals surface area contributed by atoms with E-state index in [0.29, 0.717) is 6.54 Å². The van der Waals surface area contributed by atoms with Crippen LogP contribution >= 0.6 is 0 Å². The van der Waals surface area contributed by atoms with Gasteiger partial charge in [-0.2, -0.15) is 0 Å². The van der Waals surface area contributed by atoms with Crippen LogP contribution in [0.3, 0.4) is 0 Å². The molecule has 1 unspecified atom stereocenters. The van der Waals surface area contributed by atoms with Gasteiger partial charge < -0.3 is 16.8 Å². The molecule has 1 aliphatic carbocycles. The van der Waals surface area contributed by atoms with E-state index in [9.17, 15) is 4.79 Å². The summed E-state index contributed by atoms with van der Waals surface area (Å²) in [5.41, 5.74) is 10.7. The van der Waals surface area contributed by atoms with E-state index in [0.717, 1.165) is 5.92 Å². The number of amides is 1. The van der Waals surface area contributed by atoms with Crippen LogP contribution in [0.15, 0.2) is 0 Å². The van der Waals surface area contributed by atoms with Crippen molar-refractivity contribution in [3.63, 3.8) is 0 Å². The molecule has 5 N–H and O–H groups in total. The number of nitrogens with one attached hydrogen (secondary N) is 1. The van der Waals surface area contributed by atoms with E-state index in [-0.39, 0.29) is 5.54 Å². The van der Waals surface area contributed by atoms with E-state index < -0.39 is 11.9 Å². The van der Waals surface area contributed by atoms with E-state index >= 15 is 0 Å². The Morgan fingerprint density at radius 1 is 1.62 bits per heavy atom. The fourth-order valence-corrected chi connectivity index (χ4v) is 1.42. The van der Waals surface area contributed by atoms with Gasteiger partial charge in [-0.25, -0.2) is 0 Å². The highest BCUT2D eigenvalue weighted by molar-refractivity contribution is 5.79. The molecular formula is C9H19N3O. The first kappa shape index (κ1) is 10.5. The number of nitrogens with two attached hydrogens (primary N) is 2. The Morgan fingerprint density at radius 3 is 2.54 bits per heavy atom. The summed E-state index contributed by atoms with van der Waals surface area (Å²) in [7, 11) is 0. The van der Waals surface area contributed by atoms with Gasteiger partial charge in [0.2, 0.25) is 5.91 Å². The first-order chi connectivity index (χ1) is 5.93. The van der Waals surface area contributed by atoms with Crippen molar-refractivity contribution >= 4 is 5.91 Å². The normalized spacial score (nSPS) is 19.9. The largest absolute Gasteiger partial charge is 0.368 e. The number of primary amides is 1. The summed E-state index contributed by atoms with van der Waals surface area (Å²) in [6.45, 7) is 4.75. The monoisotopic (exact) mass is 185 g/mol. The van der Waals surface area contributed by atoms with Crippen molar-refractivity contribution < 1.29 is 4.79 Å². The predicted octanol–water partition coefficient (Wildman–Crippen LogP) is -0.423. The zero-order valence-electron chi connectivity index (χ0n) is 8.34. The lowest BCUT2D eigenvalue weighted by molar-refractivity contribution is -0.119. The predicted molar refractivity (Wildman–Crippen MR) is 52.0 cm³/mol. The minimum absolute atomic E-state index is 0.0903. The number of carbonyl (C=O) groups is 1. The smallest absolute Gasteiger partial charge is 0.235 e.